The molecule has 0 N–H and O–H groups in total. The van der Waals surface area contributed by atoms with Gasteiger partial charge in [-0.25, -0.2) is 0 Å². The Morgan fingerprint density at radius 3 is 1.82 bits per heavy atom. The second kappa shape index (κ2) is 12.1. The van der Waals surface area contributed by atoms with E-state index in [9.17, 15) is 0 Å². The topological polar surface area (TPSA) is 0 Å². The van der Waals surface area contributed by atoms with Crippen molar-refractivity contribution in [2.24, 2.45) is 0 Å². The average molecular weight is 377 g/mol. The number of hydrogen-bond acceptors (Lipinski definition) is 0. The highest BCUT2D eigenvalue weighted by Crippen LogP contribution is 2.37. The van der Waals surface area contributed by atoms with Crippen molar-refractivity contribution < 1.29 is 0 Å². The zero-order valence-electron chi connectivity index (χ0n) is 18.1. The van der Waals surface area contributed by atoms with Crippen LogP contribution in [0.25, 0.3) is 11.1 Å². The Balaban J connectivity index is 1.23. The standard InChI is InChI=1S/C28H40/c1-2-3-4-5-6-7-8-9-10-11-12-13-14-17-24-20-21-26-23-25-18-15-16-19-27(25)28(26)22-24/h15-16,18-22H,2-14,17,23H2,1H3. The zero-order valence-corrected chi connectivity index (χ0v) is 18.1. The van der Waals surface area contributed by atoms with Gasteiger partial charge in [-0.2, -0.15) is 0 Å². The van der Waals surface area contributed by atoms with Gasteiger partial charge in [0.15, 0.2) is 0 Å². The van der Waals surface area contributed by atoms with Crippen LogP contribution >= 0.6 is 0 Å². The molecule has 0 amide bonds. The van der Waals surface area contributed by atoms with Crippen molar-refractivity contribution in [1.29, 1.82) is 0 Å². The Hall–Kier alpha value is -1.56. The molecule has 0 fully saturated rings. The smallest absolute Gasteiger partial charge is 0.00135 e. The van der Waals surface area contributed by atoms with Crippen LogP contribution in [0, 0.1) is 0 Å². The number of rotatable bonds is 14. The van der Waals surface area contributed by atoms with Gasteiger partial charge in [0.05, 0.1) is 0 Å². The molecule has 1 aliphatic carbocycles. The summed E-state index contributed by atoms with van der Waals surface area (Å²) < 4.78 is 0. The Bertz CT molecular complexity index is 697. The van der Waals surface area contributed by atoms with Crippen molar-refractivity contribution >= 4 is 0 Å². The molecule has 0 aliphatic heterocycles. The highest BCUT2D eigenvalue weighted by Gasteiger charge is 2.17. The first kappa shape index (κ1) is 21.2. The predicted molar refractivity (Wildman–Crippen MR) is 124 cm³/mol. The van der Waals surface area contributed by atoms with E-state index in [0.29, 0.717) is 0 Å². The lowest BCUT2D eigenvalue weighted by molar-refractivity contribution is 0.539. The van der Waals surface area contributed by atoms with Crippen molar-refractivity contribution in [2.75, 3.05) is 0 Å². The summed E-state index contributed by atoms with van der Waals surface area (Å²) in [7, 11) is 0. The fraction of sp³-hybridized carbons (Fsp3) is 0.571. The summed E-state index contributed by atoms with van der Waals surface area (Å²) in [5, 5.41) is 0. The molecular weight excluding hydrogens is 336 g/mol. The van der Waals surface area contributed by atoms with Crippen LogP contribution in [0.2, 0.25) is 0 Å². The first-order valence-electron chi connectivity index (χ1n) is 12.1. The van der Waals surface area contributed by atoms with E-state index in [4.69, 9.17) is 0 Å². The maximum Gasteiger partial charge on any atom is -0.00135 e. The van der Waals surface area contributed by atoms with Crippen LogP contribution in [-0.2, 0) is 12.8 Å². The second-order valence-corrected chi connectivity index (χ2v) is 8.82. The van der Waals surface area contributed by atoms with Crippen molar-refractivity contribution in [2.45, 2.75) is 103 Å². The highest BCUT2D eigenvalue weighted by atomic mass is 14.2. The Morgan fingerprint density at radius 2 is 1.14 bits per heavy atom. The molecule has 2 aromatic carbocycles. The number of hydrogen-bond donors (Lipinski definition) is 0. The van der Waals surface area contributed by atoms with E-state index >= 15 is 0 Å². The van der Waals surface area contributed by atoms with Gasteiger partial charge in [0, 0.05) is 0 Å². The molecule has 0 radical (unpaired) electrons. The van der Waals surface area contributed by atoms with Gasteiger partial charge in [-0.3, -0.25) is 0 Å². The minimum atomic E-state index is 1.12. The molecule has 0 atom stereocenters. The van der Waals surface area contributed by atoms with Crippen molar-refractivity contribution in [3.8, 4) is 11.1 Å². The summed E-state index contributed by atoms with van der Waals surface area (Å²) in [6, 6.07) is 16.1. The number of aryl methyl sites for hydroxylation is 1. The molecule has 0 saturated carbocycles. The third kappa shape index (κ3) is 6.50. The summed E-state index contributed by atoms with van der Waals surface area (Å²) in [6.45, 7) is 2.30. The molecule has 0 heteroatoms. The van der Waals surface area contributed by atoms with Crippen LogP contribution < -0.4 is 0 Å². The Morgan fingerprint density at radius 1 is 0.571 bits per heavy atom. The second-order valence-electron chi connectivity index (χ2n) is 8.82. The van der Waals surface area contributed by atoms with E-state index in [1.165, 1.54) is 118 Å². The first-order valence-corrected chi connectivity index (χ1v) is 12.1. The molecule has 28 heavy (non-hydrogen) atoms. The van der Waals surface area contributed by atoms with Crippen LogP contribution in [0.1, 0.15) is 107 Å². The maximum atomic E-state index is 2.46. The molecule has 0 spiro atoms. The monoisotopic (exact) mass is 376 g/mol. The van der Waals surface area contributed by atoms with E-state index in [1.54, 1.807) is 0 Å². The molecule has 2 aromatic rings. The van der Waals surface area contributed by atoms with Crippen LogP contribution in [0.5, 0.6) is 0 Å². The van der Waals surface area contributed by atoms with Gasteiger partial charge in [0.1, 0.15) is 0 Å². The van der Waals surface area contributed by atoms with Gasteiger partial charge in [-0.05, 0) is 47.1 Å². The van der Waals surface area contributed by atoms with Gasteiger partial charge in [-0.15, -0.1) is 0 Å². The normalized spacial score (nSPS) is 12.2. The van der Waals surface area contributed by atoms with Gasteiger partial charge >= 0.3 is 0 Å². The van der Waals surface area contributed by atoms with E-state index in [1.807, 2.05) is 0 Å². The maximum absolute atomic E-state index is 2.46. The molecule has 0 heterocycles. The van der Waals surface area contributed by atoms with Crippen LogP contribution in [0.3, 0.4) is 0 Å². The molecule has 0 bridgehead atoms. The Kier molecular flexibility index (Phi) is 9.14. The quantitative estimate of drug-likeness (QED) is 0.246. The largest absolute Gasteiger partial charge is 0.0654 e. The SMILES string of the molecule is CCCCCCCCCCCCCCCc1ccc2c(c1)-c1ccccc1C2. The molecular formula is C28H40. The third-order valence-corrected chi connectivity index (χ3v) is 6.43. The Labute approximate surface area is 173 Å². The first-order chi connectivity index (χ1) is 13.9. The van der Waals surface area contributed by atoms with Crippen molar-refractivity contribution in [3.63, 3.8) is 0 Å². The third-order valence-electron chi connectivity index (χ3n) is 6.43. The zero-order chi connectivity index (χ0) is 19.4. The fourth-order valence-corrected chi connectivity index (χ4v) is 4.67. The molecule has 0 aromatic heterocycles. The summed E-state index contributed by atoms with van der Waals surface area (Å²) in [5.41, 5.74) is 7.48. The van der Waals surface area contributed by atoms with Crippen molar-refractivity contribution in [3.05, 3.63) is 59.2 Å². The summed E-state index contributed by atoms with van der Waals surface area (Å²) in [4.78, 5) is 0. The molecule has 3 rings (SSSR count). The number of unbranched alkanes of at least 4 members (excludes halogenated alkanes) is 12. The lowest BCUT2D eigenvalue weighted by Crippen LogP contribution is -1.89. The molecule has 0 saturated heterocycles. The van der Waals surface area contributed by atoms with Crippen LogP contribution in [0.15, 0.2) is 42.5 Å². The van der Waals surface area contributed by atoms with Crippen LogP contribution in [0.4, 0.5) is 0 Å². The summed E-state index contributed by atoms with van der Waals surface area (Å²) >= 11 is 0. The average Bonchev–Trinajstić information content (AvgIpc) is 3.09. The van der Waals surface area contributed by atoms with E-state index in [-0.39, 0.29) is 0 Å². The molecule has 0 nitrogen and oxygen atoms in total. The van der Waals surface area contributed by atoms with Crippen molar-refractivity contribution in [1.82, 2.24) is 0 Å². The van der Waals surface area contributed by atoms with Gasteiger partial charge in [0.2, 0.25) is 0 Å². The lowest BCUT2D eigenvalue weighted by Gasteiger charge is -2.06. The molecule has 152 valence electrons. The molecule has 1 aliphatic rings. The van der Waals surface area contributed by atoms with Gasteiger partial charge in [0.25, 0.3) is 0 Å². The van der Waals surface area contributed by atoms with Gasteiger partial charge in [-0.1, -0.05) is 126 Å². The van der Waals surface area contributed by atoms with E-state index in [0.717, 1.165) is 6.42 Å². The number of fused-ring (bicyclic) bond motifs is 3. The number of benzene rings is 2. The lowest BCUT2D eigenvalue weighted by atomic mass is 9.99. The minimum absolute atomic E-state index is 1.12. The fourth-order valence-electron chi connectivity index (χ4n) is 4.67. The minimum Gasteiger partial charge on any atom is -0.0654 e. The summed E-state index contributed by atoms with van der Waals surface area (Å²) in [5.74, 6) is 0. The molecule has 0 unspecified atom stereocenters. The summed E-state index contributed by atoms with van der Waals surface area (Å²) in [6.07, 6.45) is 21.0. The van der Waals surface area contributed by atoms with Crippen LogP contribution in [-0.4, -0.2) is 0 Å². The predicted octanol–water partition coefficient (Wildman–Crippen LogP) is 8.89. The van der Waals surface area contributed by atoms with Gasteiger partial charge < -0.3 is 0 Å². The highest BCUT2D eigenvalue weighted by molar-refractivity contribution is 5.77. The van der Waals surface area contributed by atoms with E-state index < -0.39 is 0 Å². The van der Waals surface area contributed by atoms with E-state index in [2.05, 4.69) is 49.4 Å².